The van der Waals surface area contributed by atoms with Crippen molar-refractivity contribution in [3.63, 3.8) is 0 Å². The van der Waals surface area contributed by atoms with Crippen molar-refractivity contribution >= 4 is 11.8 Å². The van der Waals surface area contributed by atoms with E-state index in [1.165, 1.54) is 0 Å². The topological polar surface area (TPSA) is 69.6 Å². The second kappa shape index (κ2) is 6.18. The first-order valence-corrected chi connectivity index (χ1v) is 6.55. The smallest absolute Gasteiger partial charge is 0.225 e. The molecular formula is C13H24N2O3. The molecule has 1 rings (SSSR count). The van der Waals surface area contributed by atoms with E-state index in [-0.39, 0.29) is 18.4 Å². The van der Waals surface area contributed by atoms with Crippen LogP contribution >= 0.6 is 0 Å². The largest absolute Gasteiger partial charge is 0.395 e. The zero-order chi connectivity index (χ0) is 13.8. The summed E-state index contributed by atoms with van der Waals surface area (Å²) in [5.41, 5.74) is -0.426. The Bertz CT molecular complexity index is 306. The number of hydrogen-bond donors (Lipinski definition) is 2. The number of amides is 2. The first kappa shape index (κ1) is 15.0. The van der Waals surface area contributed by atoms with Crippen molar-refractivity contribution in [1.29, 1.82) is 0 Å². The molecule has 1 saturated carbocycles. The fraction of sp³-hybridized carbons (Fsp3) is 0.846. The highest BCUT2D eigenvalue weighted by Gasteiger charge is 2.31. The Kier molecular flexibility index (Phi) is 5.14. The molecule has 5 heteroatoms. The molecule has 104 valence electrons. The van der Waals surface area contributed by atoms with Crippen molar-refractivity contribution in [2.24, 2.45) is 5.41 Å². The van der Waals surface area contributed by atoms with Gasteiger partial charge in [0.1, 0.15) is 0 Å². The number of hydrogen-bond acceptors (Lipinski definition) is 3. The lowest BCUT2D eigenvalue weighted by molar-refractivity contribution is -0.132. The van der Waals surface area contributed by atoms with E-state index in [0.717, 1.165) is 12.8 Å². The standard InChI is InChI=1S/C13H24N2O3/c1-13(2,3)12(18)14-7-6-11(17)15(8-9-16)10-4-5-10/h10,16H,4-9H2,1-3H3,(H,14,18). The number of rotatable bonds is 6. The molecule has 0 saturated heterocycles. The molecule has 0 radical (unpaired) electrons. The summed E-state index contributed by atoms with van der Waals surface area (Å²) in [6, 6.07) is 0.308. The molecule has 2 amide bonds. The molecule has 2 N–H and O–H groups in total. The maximum absolute atomic E-state index is 11.9. The van der Waals surface area contributed by atoms with E-state index in [2.05, 4.69) is 5.32 Å². The molecule has 0 aromatic rings. The van der Waals surface area contributed by atoms with Crippen LogP contribution in [0.3, 0.4) is 0 Å². The lowest BCUT2D eigenvalue weighted by Crippen LogP contribution is -2.40. The van der Waals surface area contributed by atoms with Crippen molar-refractivity contribution in [2.75, 3.05) is 19.7 Å². The zero-order valence-corrected chi connectivity index (χ0v) is 11.5. The lowest BCUT2D eigenvalue weighted by Gasteiger charge is -2.22. The lowest BCUT2D eigenvalue weighted by atomic mass is 9.96. The van der Waals surface area contributed by atoms with Gasteiger partial charge in [-0.1, -0.05) is 20.8 Å². The van der Waals surface area contributed by atoms with Gasteiger partial charge in [0.2, 0.25) is 11.8 Å². The number of nitrogens with one attached hydrogen (secondary N) is 1. The van der Waals surface area contributed by atoms with E-state index in [0.29, 0.717) is 25.6 Å². The van der Waals surface area contributed by atoms with Crippen molar-refractivity contribution in [2.45, 2.75) is 46.1 Å². The minimum atomic E-state index is -0.426. The summed E-state index contributed by atoms with van der Waals surface area (Å²) >= 11 is 0. The van der Waals surface area contributed by atoms with Gasteiger partial charge in [0, 0.05) is 31.0 Å². The molecule has 0 atom stereocenters. The highest BCUT2D eigenvalue weighted by Crippen LogP contribution is 2.26. The fourth-order valence-electron chi connectivity index (χ4n) is 1.70. The molecular weight excluding hydrogens is 232 g/mol. The number of aliphatic hydroxyl groups excluding tert-OH is 1. The minimum Gasteiger partial charge on any atom is -0.395 e. The van der Waals surface area contributed by atoms with E-state index in [1.807, 2.05) is 20.8 Å². The van der Waals surface area contributed by atoms with Crippen molar-refractivity contribution in [3.8, 4) is 0 Å². The first-order chi connectivity index (χ1) is 8.36. The van der Waals surface area contributed by atoms with Crippen LogP contribution in [0.1, 0.15) is 40.0 Å². The Morgan fingerprint density at radius 2 is 1.94 bits per heavy atom. The number of nitrogens with zero attached hydrogens (tertiary/aromatic N) is 1. The summed E-state index contributed by atoms with van der Waals surface area (Å²) in [6.45, 7) is 6.28. The van der Waals surface area contributed by atoms with Crippen molar-refractivity contribution in [1.82, 2.24) is 10.2 Å². The minimum absolute atomic E-state index is 0.00338. The normalized spacial score (nSPS) is 15.3. The molecule has 0 aromatic carbocycles. The molecule has 1 fully saturated rings. The Labute approximate surface area is 109 Å². The summed E-state index contributed by atoms with van der Waals surface area (Å²) in [7, 11) is 0. The third-order valence-corrected chi connectivity index (χ3v) is 2.95. The third-order valence-electron chi connectivity index (χ3n) is 2.95. The SMILES string of the molecule is CC(C)(C)C(=O)NCCC(=O)N(CCO)C1CC1. The van der Waals surface area contributed by atoms with Gasteiger partial charge in [0.25, 0.3) is 0 Å². The highest BCUT2D eigenvalue weighted by molar-refractivity contribution is 5.82. The summed E-state index contributed by atoms with van der Waals surface area (Å²) in [6.07, 6.45) is 2.36. The quantitative estimate of drug-likeness (QED) is 0.728. The molecule has 0 heterocycles. The molecule has 18 heavy (non-hydrogen) atoms. The van der Waals surface area contributed by atoms with Gasteiger partial charge < -0.3 is 15.3 Å². The van der Waals surface area contributed by atoms with Crippen LogP contribution in [0, 0.1) is 5.41 Å². The van der Waals surface area contributed by atoms with Crippen LogP contribution < -0.4 is 5.32 Å². The van der Waals surface area contributed by atoms with Crippen LogP contribution in [-0.2, 0) is 9.59 Å². The van der Waals surface area contributed by atoms with Gasteiger partial charge >= 0.3 is 0 Å². The highest BCUT2D eigenvalue weighted by atomic mass is 16.3. The monoisotopic (exact) mass is 256 g/mol. The summed E-state index contributed by atoms with van der Waals surface area (Å²) in [4.78, 5) is 25.2. The second-order valence-electron chi connectivity index (χ2n) is 5.80. The van der Waals surface area contributed by atoms with Crippen LogP contribution in [0.4, 0.5) is 0 Å². The van der Waals surface area contributed by atoms with Crippen LogP contribution in [0.25, 0.3) is 0 Å². The maximum Gasteiger partial charge on any atom is 0.225 e. The van der Waals surface area contributed by atoms with Crippen LogP contribution in [-0.4, -0.2) is 47.6 Å². The molecule has 0 aliphatic heterocycles. The van der Waals surface area contributed by atoms with Gasteiger partial charge in [0.05, 0.1) is 6.61 Å². The van der Waals surface area contributed by atoms with Crippen LogP contribution in [0.2, 0.25) is 0 Å². The molecule has 1 aliphatic carbocycles. The van der Waals surface area contributed by atoms with Crippen LogP contribution in [0.5, 0.6) is 0 Å². The molecule has 0 spiro atoms. The predicted molar refractivity (Wildman–Crippen MR) is 68.9 cm³/mol. The summed E-state index contributed by atoms with van der Waals surface area (Å²) in [5, 5.41) is 11.7. The van der Waals surface area contributed by atoms with Gasteiger partial charge in [-0.2, -0.15) is 0 Å². The zero-order valence-electron chi connectivity index (χ0n) is 11.5. The van der Waals surface area contributed by atoms with E-state index in [4.69, 9.17) is 5.11 Å². The number of aliphatic hydroxyl groups is 1. The van der Waals surface area contributed by atoms with E-state index >= 15 is 0 Å². The Hall–Kier alpha value is -1.10. The van der Waals surface area contributed by atoms with Crippen molar-refractivity contribution < 1.29 is 14.7 Å². The first-order valence-electron chi connectivity index (χ1n) is 6.55. The average Bonchev–Trinajstić information content (AvgIpc) is 3.08. The third kappa shape index (κ3) is 4.64. The average molecular weight is 256 g/mol. The number of carbonyl (C=O) groups excluding carboxylic acids is 2. The number of carbonyl (C=O) groups is 2. The predicted octanol–water partition coefficient (Wildman–Crippen LogP) is 0.522. The van der Waals surface area contributed by atoms with Gasteiger partial charge in [-0.3, -0.25) is 9.59 Å². The fourth-order valence-corrected chi connectivity index (χ4v) is 1.70. The van der Waals surface area contributed by atoms with Crippen LogP contribution in [0.15, 0.2) is 0 Å². The van der Waals surface area contributed by atoms with E-state index < -0.39 is 5.41 Å². The Balaban J connectivity index is 2.29. The van der Waals surface area contributed by atoms with E-state index in [9.17, 15) is 9.59 Å². The van der Waals surface area contributed by atoms with Gasteiger partial charge in [0.15, 0.2) is 0 Å². The molecule has 1 aliphatic rings. The maximum atomic E-state index is 11.9. The molecule has 5 nitrogen and oxygen atoms in total. The van der Waals surface area contributed by atoms with Crippen molar-refractivity contribution in [3.05, 3.63) is 0 Å². The van der Waals surface area contributed by atoms with E-state index in [1.54, 1.807) is 4.90 Å². The van der Waals surface area contributed by atoms with Gasteiger partial charge in [-0.05, 0) is 12.8 Å². The van der Waals surface area contributed by atoms with Gasteiger partial charge in [-0.15, -0.1) is 0 Å². The summed E-state index contributed by atoms with van der Waals surface area (Å²) < 4.78 is 0. The molecule has 0 aromatic heterocycles. The Morgan fingerprint density at radius 3 is 2.39 bits per heavy atom. The second-order valence-corrected chi connectivity index (χ2v) is 5.80. The molecule has 0 bridgehead atoms. The molecule has 0 unspecified atom stereocenters. The summed E-state index contributed by atoms with van der Waals surface area (Å²) in [5.74, 6) is -0.0313. The van der Waals surface area contributed by atoms with Gasteiger partial charge in [-0.25, -0.2) is 0 Å². The Morgan fingerprint density at radius 1 is 1.33 bits per heavy atom.